The van der Waals surface area contributed by atoms with Gasteiger partial charge in [-0.1, -0.05) is 20.3 Å². The average Bonchev–Trinajstić information content (AvgIpc) is 1.92. The molecule has 0 saturated heterocycles. The molecule has 70 valence electrons. The molecule has 0 aromatic heterocycles. The number of carbonyl (C=O) groups excluding carboxylic acids is 1. The lowest BCUT2D eigenvalue weighted by Crippen LogP contribution is -2.36. The maximum atomic E-state index is 10.8. The third kappa shape index (κ3) is 2.23. The second-order valence-electron chi connectivity index (χ2n) is 4.33. The van der Waals surface area contributed by atoms with Crippen LogP contribution in [-0.2, 0) is 9.53 Å². The maximum absolute atomic E-state index is 10.8. The van der Waals surface area contributed by atoms with Gasteiger partial charge in [-0.25, -0.2) is 0 Å². The molecule has 12 heavy (non-hydrogen) atoms. The summed E-state index contributed by atoms with van der Waals surface area (Å²) >= 11 is 0. The zero-order valence-electron chi connectivity index (χ0n) is 8.22. The fourth-order valence-corrected chi connectivity index (χ4v) is 1.88. The number of esters is 1. The van der Waals surface area contributed by atoms with Crippen LogP contribution in [0.15, 0.2) is 0 Å². The molecule has 0 radical (unpaired) electrons. The van der Waals surface area contributed by atoms with Gasteiger partial charge < -0.3 is 4.74 Å². The first-order valence-corrected chi connectivity index (χ1v) is 4.69. The number of carbonyl (C=O) groups is 1. The largest absolute Gasteiger partial charge is 0.462 e. The Morgan fingerprint density at radius 3 is 2.58 bits per heavy atom. The molecule has 1 saturated carbocycles. The molecule has 0 aromatic carbocycles. The molecule has 0 amide bonds. The summed E-state index contributed by atoms with van der Waals surface area (Å²) in [6.45, 7) is 5.85. The normalized spacial score (nSPS) is 28.1. The number of hydrogen-bond acceptors (Lipinski definition) is 2. The Morgan fingerprint density at radius 2 is 2.08 bits per heavy atom. The lowest BCUT2D eigenvalue weighted by molar-refractivity contribution is -0.155. The predicted octanol–water partition coefficient (Wildman–Crippen LogP) is 2.52. The second kappa shape index (κ2) is 3.46. The lowest BCUT2D eigenvalue weighted by Gasteiger charge is -2.37. The van der Waals surface area contributed by atoms with Gasteiger partial charge in [0.2, 0.25) is 0 Å². The summed E-state index contributed by atoms with van der Waals surface area (Å²) in [4.78, 5) is 10.8. The van der Waals surface area contributed by atoms with E-state index in [9.17, 15) is 4.79 Å². The topological polar surface area (TPSA) is 26.3 Å². The minimum absolute atomic E-state index is 0.142. The van der Waals surface area contributed by atoms with E-state index in [1.807, 2.05) is 0 Å². The van der Waals surface area contributed by atoms with Crippen molar-refractivity contribution in [3.63, 3.8) is 0 Å². The van der Waals surface area contributed by atoms with Crippen LogP contribution in [0.1, 0.15) is 46.5 Å². The van der Waals surface area contributed by atoms with Gasteiger partial charge in [-0.2, -0.15) is 0 Å². The first kappa shape index (κ1) is 9.56. The zero-order valence-corrected chi connectivity index (χ0v) is 8.22. The van der Waals surface area contributed by atoms with E-state index in [4.69, 9.17) is 4.74 Å². The molecule has 0 N–H and O–H groups in total. The molecule has 1 aliphatic rings. The molecule has 2 heteroatoms. The summed E-state index contributed by atoms with van der Waals surface area (Å²) in [6.07, 6.45) is 4.81. The van der Waals surface area contributed by atoms with Crippen molar-refractivity contribution in [2.45, 2.75) is 52.6 Å². The van der Waals surface area contributed by atoms with E-state index >= 15 is 0 Å². The van der Waals surface area contributed by atoms with Crippen LogP contribution in [0.25, 0.3) is 0 Å². The van der Waals surface area contributed by atoms with Gasteiger partial charge in [-0.15, -0.1) is 0 Å². The minimum Gasteiger partial charge on any atom is -0.462 e. The van der Waals surface area contributed by atoms with Crippen molar-refractivity contribution in [2.24, 2.45) is 5.41 Å². The maximum Gasteiger partial charge on any atom is 0.302 e. The Balaban J connectivity index is 2.54. The van der Waals surface area contributed by atoms with Gasteiger partial charge in [0, 0.05) is 12.3 Å². The van der Waals surface area contributed by atoms with E-state index in [-0.39, 0.29) is 17.5 Å². The van der Waals surface area contributed by atoms with Crippen LogP contribution in [0, 0.1) is 5.41 Å². The lowest BCUT2D eigenvalue weighted by atomic mass is 9.75. The van der Waals surface area contributed by atoms with Crippen LogP contribution in [0.4, 0.5) is 0 Å². The van der Waals surface area contributed by atoms with E-state index in [2.05, 4.69) is 13.8 Å². The fourth-order valence-electron chi connectivity index (χ4n) is 1.88. The van der Waals surface area contributed by atoms with E-state index in [1.54, 1.807) is 0 Å². The van der Waals surface area contributed by atoms with Crippen molar-refractivity contribution in [3.05, 3.63) is 0 Å². The van der Waals surface area contributed by atoms with E-state index in [0.29, 0.717) is 0 Å². The van der Waals surface area contributed by atoms with Crippen LogP contribution < -0.4 is 0 Å². The zero-order chi connectivity index (χ0) is 9.19. The molecule has 0 bridgehead atoms. The molecule has 1 aliphatic carbocycles. The molecule has 2 nitrogen and oxygen atoms in total. The summed E-state index contributed by atoms with van der Waals surface area (Å²) in [5, 5.41) is 0. The Bertz CT molecular complexity index is 173. The first-order valence-electron chi connectivity index (χ1n) is 4.69. The van der Waals surface area contributed by atoms with Gasteiger partial charge in [0.1, 0.15) is 6.10 Å². The van der Waals surface area contributed by atoms with Crippen molar-refractivity contribution in [1.82, 2.24) is 0 Å². The number of rotatable bonds is 1. The minimum atomic E-state index is -0.144. The van der Waals surface area contributed by atoms with Gasteiger partial charge in [-0.3, -0.25) is 4.79 Å². The summed E-state index contributed by atoms with van der Waals surface area (Å²) < 4.78 is 5.27. The number of ether oxygens (including phenoxy) is 1. The molecule has 1 fully saturated rings. The van der Waals surface area contributed by atoms with Gasteiger partial charge >= 0.3 is 5.97 Å². The van der Waals surface area contributed by atoms with Crippen molar-refractivity contribution in [1.29, 1.82) is 0 Å². The summed E-state index contributed by atoms with van der Waals surface area (Å²) in [6, 6.07) is 0. The molecule has 0 heterocycles. The van der Waals surface area contributed by atoms with Gasteiger partial charge in [0.05, 0.1) is 0 Å². The molecule has 0 aliphatic heterocycles. The molecule has 0 aromatic rings. The first-order chi connectivity index (χ1) is 5.52. The average molecular weight is 170 g/mol. The van der Waals surface area contributed by atoms with Gasteiger partial charge in [-0.05, 0) is 19.3 Å². The highest BCUT2D eigenvalue weighted by Gasteiger charge is 2.34. The van der Waals surface area contributed by atoms with Gasteiger partial charge in [0.25, 0.3) is 0 Å². The van der Waals surface area contributed by atoms with Crippen molar-refractivity contribution in [2.75, 3.05) is 0 Å². The highest BCUT2D eigenvalue weighted by Crippen LogP contribution is 2.37. The monoisotopic (exact) mass is 170 g/mol. The van der Waals surface area contributed by atoms with E-state index in [1.165, 1.54) is 26.2 Å². The Labute approximate surface area is 74.3 Å². The molecular formula is C10H18O2. The van der Waals surface area contributed by atoms with Crippen LogP contribution in [0.2, 0.25) is 0 Å². The third-order valence-corrected chi connectivity index (χ3v) is 2.72. The smallest absolute Gasteiger partial charge is 0.302 e. The van der Waals surface area contributed by atoms with E-state index < -0.39 is 0 Å². The second-order valence-corrected chi connectivity index (χ2v) is 4.33. The molecular weight excluding hydrogens is 152 g/mol. The Kier molecular flexibility index (Phi) is 2.76. The summed E-state index contributed by atoms with van der Waals surface area (Å²) in [5.74, 6) is -0.144. The number of hydrogen-bond donors (Lipinski definition) is 0. The molecule has 1 rings (SSSR count). The highest BCUT2D eigenvalue weighted by molar-refractivity contribution is 5.66. The quantitative estimate of drug-likeness (QED) is 0.565. The van der Waals surface area contributed by atoms with Crippen molar-refractivity contribution in [3.8, 4) is 0 Å². The van der Waals surface area contributed by atoms with Crippen molar-refractivity contribution >= 4 is 5.97 Å². The van der Waals surface area contributed by atoms with Crippen LogP contribution in [-0.4, -0.2) is 12.1 Å². The standard InChI is InChI=1S/C10H18O2/c1-8(11)12-9-6-4-5-7-10(9,2)3/h9H,4-7H2,1-3H3/t9-/m1/s1. The predicted molar refractivity (Wildman–Crippen MR) is 47.8 cm³/mol. The molecule has 0 unspecified atom stereocenters. The van der Waals surface area contributed by atoms with Gasteiger partial charge in [0.15, 0.2) is 0 Å². The molecule has 1 atom stereocenters. The SMILES string of the molecule is CC(=O)O[C@@H]1CCCCC1(C)C. The summed E-state index contributed by atoms with van der Waals surface area (Å²) in [5.41, 5.74) is 0.184. The summed E-state index contributed by atoms with van der Waals surface area (Å²) in [7, 11) is 0. The van der Waals surface area contributed by atoms with Crippen LogP contribution in [0.5, 0.6) is 0 Å². The Morgan fingerprint density at radius 1 is 1.42 bits per heavy atom. The van der Waals surface area contributed by atoms with Crippen LogP contribution >= 0.6 is 0 Å². The van der Waals surface area contributed by atoms with E-state index in [0.717, 1.165) is 6.42 Å². The Hall–Kier alpha value is -0.530. The third-order valence-electron chi connectivity index (χ3n) is 2.72. The van der Waals surface area contributed by atoms with Crippen molar-refractivity contribution < 1.29 is 9.53 Å². The molecule has 0 spiro atoms. The van der Waals surface area contributed by atoms with Crippen LogP contribution in [0.3, 0.4) is 0 Å². The highest BCUT2D eigenvalue weighted by atomic mass is 16.5. The fraction of sp³-hybridized carbons (Fsp3) is 0.900.